The third-order valence-electron chi connectivity index (χ3n) is 4.38. The van der Waals surface area contributed by atoms with E-state index in [1.54, 1.807) is 0 Å². The lowest BCUT2D eigenvalue weighted by Crippen LogP contribution is -2.48. The van der Waals surface area contributed by atoms with Crippen LogP contribution in [0.5, 0.6) is 0 Å². The van der Waals surface area contributed by atoms with Gasteiger partial charge in [-0.05, 0) is 56.0 Å². The number of carbonyl (C=O) groups excluding carboxylic acids is 1. The Morgan fingerprint density at radius 2 is 2.24 bits per heavy atom. The molecule has 1 aliphatic heterocycles. The molecular weight excluding hydrogens is 328 g/mol. The summed E-state index contributed by atoms with van der Waals surface area (Å²) in [5.74, 6) is 0.175. The van der Waals surface area contributed by atoms with Gasteiger partial charge >= 0.3 is 0 Å². The lowest BCUT2D eigenvalue weighted by Gasteiger charge is -2.36. The van der Waals surface area contributed by atoms with E-state index in [0.717, 1.165) is 55.4 Å². The molecule has 1 aromatic carbocycles. The number of halogens is 1. The second-order valence-electron chi connectivity index (χ2n) is 5.92. The van der Waals surface area contributed by atoms with Gasteiger partial charge in [-0.1, -0.05) is 36.2 Å². The monoisotopic (exact) mass is 352 g/mol. The van der Waals surface area contributed by atoms with E-state index in [2.05, 4.69) is 46.5 Å². The van der Waals surface area contributed by atoms with Gasteiger partial charge in [0.1, 0.15) is 0 Å². The maximum absolute atomic E-state index is 12.9. The Labute approximate surface area is 136 Å². The molecule has 1 aliphatic rings. The summed E-state index contributed by atoms with van der Waals surface area (Å²) < 4.78 is 1.06. The fourth-order valence-electron chi connectivity index (χ4n) is 3.20. The van der Waals surface area contributed by atoms with Gasteiger partial charge in [0, 0.05) is 16.7 Å². The highest BCUT2D eigenvalue weighted by molar-refractivity contribution is 9.10. The summed E-state index contributed by atoms with van der Waals surface area (Å²) in [4.78, 5) is 12.9. The van der Waals surface area contributed by atoms with Crippen molar-refractivity contribution >= 4 is 27.5 Å². The van der Waals surface area contributed by atoms with Crippen molar-refractivity contribution < 1.29 is 4.79 Å². The number of aryl methyl sites for hydroxylation is 1. The minimum Gasteiger partial charge on any atom is -0.325 e. The predicted octanol–water partition coefficient (Wildman–Crippen LogP) is 4.12. The van der Waals surface area contributed by atoms with E-state index in [0.29, 0.717) is 0 Å². The molecule has 2 rings (SSSR count). The Morgan fingerprint density at radius 1 is 1.43 bits per heavy atom. The molecule has 1 unspecified atom stereocenters. The molecule has 0 aromatic heterocycles. The number of benzene rings is 1. The van der Waals surface area contributed by atoms with Crippen LogP contribution in [0.4, 0.5) is 5.69 Å². The van der Waals surface area contributed by atoms with E-state index in [-0.39, 0.29) is 11.3 Å². The summed E-state index contributed by atoms with van der Waals surface area (Å²) in [7, 11) is 0. The van der Waals surface area contributed by atoms with Gasteiger partial charge in [0.2, 0.25) is 5.91 Å². The number of hydrogen-bond donors (Lipinski definition) is 2. The maximum atomic E-state index is 12.9. The molecule has 0 bridgehead atoms. The van der Waals surface area contributed by atoms with Gasteiger partial charge in [-0.15, -0.1) is 0 Å². The summed E-state index contributed by atoms with van der Waals surface area (Å²) in [5.41, 5.74) is 1.88. The van der Waals surface area contributed by atoms with Crippen LogP contribution in [0.25, 0.3) is 0 Å². The number of rotatable bonds is 5. The van der Waals surface area contributed by atoms with Crippen LogP contribution >= 0.6 is 15.9 Å². The molecule has 1 fully saturated rings. The molecule has 1 amide bonds. The minimum absolute atomic E-state index is 0.175. The molecule has 1 saturated heterocycles. The number of amides is 1. The zero-order valence-electron chi connectivity index (χ0n) is 13.0. The van der Waals surface area contributed by atoms with Crippen LogP contribution in [0.2, 0.25) is 0 Å². The molecule has 1 heterocycles. The van der Waals surface area contributed by atoms with Crippen molar-refractivity contribution in [2.75, 3.05) is 18.4 Å². The molecule has 3 nitrogen and oxygen atoms in total. The second-order valence-corrected chi connectivity index (χ2v) is 6.84. The quantitative estimate of drug-likeness (QED) is 0.836. The number of hydrogen-bond acceptors (Lipinski definition) is 2. The summed E-state index contributed by atoms with van der Waals surface area (Å²) in [6.45, 7) is 6.09. The highest BCUT2D eigenvalue weighted by Crippen LogP contribution is 2.34. The Bertz CT molecular complexity index is 490. The van der Waals surface area contributed by atoms with Gasteiger partial charge in [-0.2, -0.15) is 0 Å². The molecule has 0 saturated carbocycles. The Hall–Kier alpha value is -0.870. The van der Waals surface area contributed by atoms with Crippen molar-refractivity contribution in [1.29, 1.82) is 0 Å². The molecule has 0 spiro atoms. The molecule has 116 valence electrons. The first kappa shape index (κ1) is 16.5. The lowest BCUT2D eigenvalue weighted by molar-refractivity contribution is -0.127. The van der Waals surface area contributed by atoms with E-state index < -0.39 is 0 Å². The van der Waals surface area contributed by atoms with Gasteiger partial charge in [0.15, 0.2) is 0 Å². The van der Waals surface area contributed by atoms with Gasteiger partial charge in [0.25, 0.3) is 0 Å². The van der Waals surface area contributed by atoms with Crippen LogP contribution in [0.15, 0.2) is 22.7 Å². The average Bonchev–Trinajstić information content (AvgIpc) is 2.50. The second kappa shape index (κ2) is 7.41. The van der Waals surface area contributed by atoms with Crippen LogP contribution in [0.1, 0.15) is 45.1 Å². The zero-order chi connectivity index (χ0) is 15.3. The number of piperidine rings is 1. The first-order chi connectivity index (χ1) is 10.1. The van der Waals surface area contributed by atoms with Gasteiger partial charge in [-0.3, -0.25) is 4.79 Å². The summed E-state index contributed by atoms with van der Waals surface area (Å²) in [5, 5.41) is 6.58. The SMILES string of the molecule is CCCC1(C(=O)Nc2ccc(Br)cc2CC)CCCNC1. The topological polar surface area (TPSA) is 41.1 Å². The maximum Gasteiger partial charge on any atom is 0.231 e. The first-order valence-corrected chi connectivity index (χ1v) is 8.71. The van der Waals surface area contributed by atoms with Gasteiger partial charge < -0.3 is 10.6 Å². The molecule has 1 atom stereocenters. The van der Waals surface area contributed by atoms with Crippen LogP contribution in [0, 0.1) is 5.41 Å². The molecular formula is C17H25BrN2O. The van der Waals surface area contributed by atoms with Crippen LogP contribution in [-0.4, -0.2) is 19.0 Å². The van der Waals surface area contributed by atoms with Crippen molar-refractivity contribution in [2.45, 2.75) is 46.0 Å². The fourth-order valence-corrected chi connectivity index (χ4v) is 3.61. The lowest BCUT2D eigenvalue weighted by atomic mass is 9.76. The fraction of sp³-hybridized carbons (Fsp3) is 0.588. The third-order valence-corrected chi connectivity index (χ3v) is 4.87. The van der Waals surface area contributed by atoms with Gasteiger partial charge in [0.05, 0.1) is 5.41 Å². The number of anilines is 1. The van der Waals surface area contributed by atoms with Crippen LogP contribution in [0.3, 0.4) is 0 Å². The van der Waals surface area contributed by atoms with Crippen molar-refractivity contribution in [3.8, 4) is 0 Å². The molecule has 0 aliphatic carbocycles. The largest absolute Gasteiger partial charge is 0.325 e. The van der Waals surface area contributed by atoms with E-state index in [9.17, 15) is 4.79 Å². The van der Waals surface area contributed by atoms with Gasteiger partial charge in [-0.25, -0.2) is 0 Å². The van der Waals surface area contributed by atoms with Crippen molar-refractivity contribution in [1.82, 2.24) is 5.32 Å². The summed E-state index contributed by atoms with van der Waals surface area (Å²) >= 11 is 3.49. The van der Waals surface area contributed by atoms with E-state index in [1.807, 2.05) is 12.1 Å². The van der Waals surface area contributed by atoms with Crippen molar-refractivity contribution in [3.05, 3.63) is 28.2 Å². The predicted molar refractivity (Wildman–Crippen MR) is 91.6 cm³/mol. The third kappa shape index (κ3) is 3.86. The molecule has 4 heteroatoms. The van der Waals surface area contributed by atoms with Crippen molar-refractivity contribution in [3.63, 3.8) is 0 Å². The van der Waals surface area contributed by atoms with Crippen LogP contribution in [-0.2, 0) is 11.2 Å². The van der Waals surface area contributed by atoms with Crippen molar-refractivity contribution in [2.24, 2.45) is 5.41 Å². The summed E-state index contributed by atoms with van der Waals surface area (Å²) in [6.07, 6.45) is 4.96. The molecule has 0 radical (unpaired) electrons. The first-order valence-electron chi connectivity index (χ1n) is 7.92. The smallest absolute Gasteiger partial charge is 0.231 e. The Morgan fingerprint density at radius 3 is 2.86 bits per heavy atom. The van der Waals surface area contributed by atoms with E-state index in [4.69, 9.17) is 0 Å². The number of nitrogens with one attached hydrogen (secondary N) is 2. The molecule has 21 heavy (non-hydrogen) atoms. The Kier molecular flexibility index (Phi) is 5.82. The highest BCUT2D eigenvalue weighted by Gasteiger charge is 2.38. The molecule has 1 aromatic rings. The summed E-state index contributed by atoms with van der Waals surface area (Å²) in [6, 6.07) is 6.07. The van der Waals surface area contributed by atoms with Crippen LogP contribution < -0.4 is 10.6 Å². The molecule has 2 N–H and O–H groups in total. The average molecular weight is 353 g/mol. The van der Waals surface area contributed by atoms with E-state index in [1.165, 1.54) is 5.56 Å². The standard InChI is InChI=1S/C17H25BrN2O/c1-3-8-17(9-5-10-19-12-17)16(21)20-15-7-6-14(18)11-13(15)4-2/h6-7,11,19H,3-5,8-10,12H2,1-2H3,(H,20,21). The van der Waals surface area contributed by atoms with E-state index >= 15 is 0 Å². The Balaban J connectivity index is 2.19. The minimum atomic E-state index is -0.245. The number of carbonyl (C=O) groups is 1. The zero-order valence-corrected chi connectivity index (χ0v) is 14.6. The normalized spacial score (nSPS) is 22.0. The highest BCUT2D eigenvalue weighted by atomic mass is 79.9.